The second kappa shape index (κ2) is 7.29. The van der Waals surface area contributed by atoms with E-state index >= 15 is 0 Å². The molecule has 1 fully saturated rings. The number of aryl methyl sites for hydroxylation is 1. The first-order chi connectivity index (χ1) is 12.7. The normalized spacial score (nSPS) is 19.8. The molecule has 142 valence electrons. The molecule has 0 bridgehead atoms. The number of hydrogen-bond donors (Lipinski definition) is 2. The first-order valence-electron chi connectivity index (χ1n) is 8.80. The summed E-state index contributed by atoms with van der Waals surface area (Å²) < 4.78 is 33.7. The SMILES string of the molecule is Cc1cc(O)ccc1C(=C1CCC(=O)CC1C)c1ccccc1S(=O)(=O)O. The molecule has 1 unspecified atom stereocenters. The zero-order valence-corrected chi connectivity index (χ0v) is 16.1. The van der Waals surface area contributed by atoms with E-state index in [-0.39, 0.29) is 22.3 Å². The number of rotatable bonds is 3. The summed E-state index contributed by atoms with van der Waals surface area (Å²) in [4.78, 5) is 11.7. The van der Waals surface area contributed by atoms with Crippen LogP contribution < -0.4 is 0 Å². The average molecular weight is 386 g/mol. The number of ketones is 1. The van der Waals surface area contributed by atoms with E-state index in [1.165, 1.54) is 6.07 Å². The number of aromatic hydroxyl groups is 1. The van der Waals surface area contributed by atoms with Crippen molar-refractivity contribution < 1.29 is 22.9 Å². The molecule has 27 heavy (non-hydrogen) atoms. The quantitative estimate of drug-likeness (QED) is 0.774. The molecule has 6 heteroatoms. The zero-order valence-electron chi connectivity index (χ0n) is 15.3. The molecule has 2 aromatic rings. The number of carbonyl (C=O) groups excluding carboxylic acids is 1. The number of carbonyl (C=O) groups is 1. The summed E-state index contributed by atoms with van der Waals surface area (Å²) in [6, 6.07) is 11.2. The van der Waals surface area contributed by atoms with Crippen molar-refractivity contribution in [1.29, 1.82) is 0 Å². The molecular formula is C21H22O5S. The van der Waals surface area contributed by atoms with Crippen LogP contribution in [0.5, 0.6) is 5.75 Å². The van der Waals surface area contributed by atoms with E-state index in [4.69, 9.17) is 0 Å². The van der Waals surface area contributed by atoms with Crippen LogP contribution in [0.15, 0.2) is 52.9 Å². The fourth-order valence-electron chi connectivity index (χ4n) is 3.78. The second-order valence-electron chi connectivity index (χ2n) is 7.01. The predicted octanol–water partition coefficient (Wildman–Crippen LogP) is 4.14. The number of benzene rings is 2. The lowest BCUT2D eigenvalue weighted by molar-refractivity contribution is -0.120. The maximum Gasteiger partial charge on any atom is 0.295 e. The minimum atomic E-state index is -4.42. The number of hydrogen-bond acceptors (Lipinski definition) is 4. The Kier molecular flexibility index (Phi) is 5.22. The molecule has 1 saturated carbocycles. The summed E-state index contributed by atoms with van der Waals surface area (Å²) in [5.41, 5.74) is 3.66. The van der Waals surface area contributed by atoms with Gasteiger partial charge in [0, 0.05) is 18.4 Å². The Morgan fingerprint density at radius 3 is 2.41 bits per heavy atom. The Hall–Kier alpha value is -2.44. The van der Waals surface area contributed by atoms with Gasteiger partial charge in [0.25, 0.3) is 10.1 Å². The summed E-state index contributed by atoms with van der Waals surface area (Å²) in [6.45, 7) is 3.79. The van der Waals surface area contributed by atoms with Gasteiger partial charge in [-0.1, -0.05) is 36.8 Å². The Bertz CT molecular complexity index is 1030. The van der Waals surface area contributed by atoms with Crippen LogP contribution in [0.1, 0.15) is 42.9 Å². The summed E-state index contributed by atoms with van der Waals surface area (Å²) in [5.74, 6) is 0.274. The van der Waals surface area contributed by atoms with Crippen LogP contribution in [0.3, 0.4) is 0 Å². The third kappa shape index (κ3) is 3.96. The van der Waals surface area contributed by atoms with Crippen molar-refractivity contribution in [3.63, 3.8) is 0 Å². The van der Waals surface area contributed by atoms with Crippen molar-refractivity contribution in [1.82, 2.24) is 0 Å². The third-order valence-electron chi connectivity index (χ3n) is 5.04. The van der Waals surface area contributed by atoms with E-state index in [9.17, 15) is 22.9 Å². The first kappa shape index (κ1) is 19.3. The maximum absolute atomic E-state index is 12.0. The molecule has 1 aliphatic carbocycles. The molecule has 1 aliphatic rings. The van der Waals surface area contributed by atoms with Gasteiger partial charge in [0.1, 0.15) is 16.4 Å². The Labute approximate surface area is 159 Å². The fourth-order valence-corrected chi connectivity index (χ4v) is 4.47. The number of Topliss-reactive ketones (excluding diaryl/α,β-unsaturated/α-hetero) is 1. The molecule has 0 spiro atoms. The van der Waals surface area contributed by atoms with Gasteiger partial charge in [0.05, 0.1) is 0 Å². The lowest BCUT2D eigenvalue weighted by atomic mass is 9.78. The van der Waals surface area contributed by atoms with Crippen LogP contribution >= 0.6 is 0 Å². The van der Waals surface area contributed by atoms with Gasteiger partial charge >= 0.3 is 0 Å². The number of phenols is 1. The van der Waals surface area contributed by atoms with Crippen molar-refractivity contribution in [3.05, 3.63) is 64.7 Å². The van der Waals surface area contributed by atoms with Gasteiger partial charge in [-0.2, -0.15) is 8.42 Å². The molecule has 5 nitrogen and oxygen atoms in total. The van der Waals surface area contributed by atoms with Gasteiger partial charge in [-0.25, -0.2) is 0 Å². The molecule has 0 heterocycles. The second-order valence-corrected chi connectivity index (χ2v) is 8.40. The van der Waals surface area contributed by atoms with E-state index in [1.807, 2.05) is 13.8 Å². The predicted molar refractivity (Wildman–Crippen MR) is 103 cm³/mol. The molecule has 0 aromatic heterocycles. The van der Waals surface area contributed by atoms with Crippen molar-refractivity contribution in [2.75, 3.05) is 0 Å². The Morgan fingerprint density at radius 1 is 1.07 bits per heavy atom. The lowest BCUT2D eigenvalue weighted by Gasteiger charge is -2.27. The molecule has 1 atom stereocenters. The number of phenolic OH excluding ortho intramolecular Hbond substituents is 1. The van der Waals surface area contributed by atoms with Gasteiger partial charge in [0.15, 0.2) is 0 Å². The van der Waals surface area contributed by atoms with Crippen LogP contribution in [0.4, 0.5) is 0 Å². The van der Waals surface area contributed by atoms with E-state index in [2.05, 4.69) is 0 Å². The van der Waals surface area contributed by atoms with Crippen LogP contribution in [-0.4, -0.2) is 23.9 Å². The van der Waals surface area contributed by atoms with E-state index in [0.29, 0.717) is 30.4 Å². The van der Waals surface area contributed by atoms with Gasteiger partial charge < -0.3 is 5.11 Å². The highest BCUT2D eigenvalue weighted by Gasteiger charge is 2.28. The van der Waals surface area contributed by atoms with E-state index in [1.54, 1.807) is 36.4 Å². The van der Waals surface area contributed by atoms with Gasteiger partial charge in [0.2, 0.25) is 0 Å². The van der Waals surface area contributed by atoms with E-state index in [0.717, 1.165) is 16.7 Å². The topological polar surface area (TPSA) is 91.7 Å². The molecule has 3 rings (SSSR count). The maximum atomic E-state index is 12.0. The summed E-state index contributed by atoms with van der Waals surface area (Å²) in [6.07, 6.45) is 1.35. The summed E-state index contributed by atoms with van der Waals surface area (Å²) in [7, 11) is -4.42. The average Bonchev–Trinajstić information content (AvgIpc) is 2.58. The number of allylic oxidation sites excluding steroid dienone is 1. The van der Waals surface area contributed by atoms with Crippen LogP contribution in [0.25, 0.3) is 5.57 Å². The van der Waals surface area contributed by atoms with E-state index < -0.39 is 10.1 Å². The van der Waals surface area contributed by atoms with Crippen molar-refractivity contribution >= 4 is 21.5 Å². The Balaban J connectivity index is 2.36. The van der Waals surface area contributed by atoms with Crippen LogP contribution in [0, 0.1) is 12.8 Å². The van der Waals surface area contributed by atoms with Gasteiger partial charge in [-0.15, -0.1) is 0 Å². The van der Waals surface area contributed by atoms with Crippen molar-refractivity contribution in [2.24, 2.45) is 5.92 Å². The highest BCUT2D eigenvalue weighted by Crippen LogP contribution is 2.40. The third-order valence-corrected chi connectivity index (χ3v) is 5.95. The molecule has 0 aliphatic heterocycles. The molecule has 2 N–H and O–H groups in total. The summed E-state index contributed by atoms with van der Waals surface area (Å²) >= 11 is 0. The first-order valence-corrected chi connectivity index (χ1v) is 10.2. The molecule has 2 aromatic carbocycles. The van der Waals surface area contributed by atoms with Gasteiger partial charge in [-0.3, -0.25) is 9.35 Å². The molecule has 0 amide bonds. The fraction of sp³-hybridized carbons (Fsp3) is 0.286. The molecular weight excluding hydrogens is 364 g/mol. The summed E-state index contributed by atoms with van der Waals surface area (Å²) in [5, 5.41) is 9.77. The largest absolute Gasteiger partial charge is 0.508 e. The standard InChI is InChI=1S/C21H22O5S/c1-13-11-15(22)7-9-17(13)21(18-10-8-16(23)12-14(18)2)19-5-3-4-6-20(19)27(24,25)26/h3-7,9,11,14,22H,8,10,12H2,1-2H3,(H,24,25,26). The van der Waals surface area contributed by atoms with Crippen LogP contribution in [-0.2, 0) is 14.9 Å². The van der Waals surface area contributed by atoms with Crippen LogP contribution in [0.2, 0.25) is 0 Å². The van der Waals surface area contributed by atoms with Gasteiger partial charge in [-0.05, 0) is 54.2 Å². The Morgan fingerprint density at radius 2 is 1.78 bits per heavy atom. The van der Waals surface area contributed by atoms with Crippen molar-refractivity contribution in [3.8, 4) is 5.75 Å². The highest BCUT2D eigenvalue weighted by molar-refractivity contribution is 7.86. The highest BCUT2D eigenvalue weighted by atomic mass is 32.2. The minimum absolute atomic E-state index is 0.0380. The molecule has 0 radical (unpaired) electrons. The van der Waals surface area contributed by atoms with Crippen molar-refractivity contribution in [2.45, 2.75) is 38.0 Å². The lowest BCUT2D eigenvalue weighted by Crippen LogP contribution is -2.17. The smallest absolute Gasteiger partial charge is 0.295 e. The minimum Gasteiger partial charge on any atom is -0.508 e. The molecule has 0 saturated heterocycles. The zero-order chi connectivity index (χ0) is 19.8. The monoisotopic (exact) mass is 386 g/mol.